The molecular formula is C10H12N2O4S. The van der Waals surface area contributed by atoms with E-state index in [1.54, 1.807) is 30.3 Å². The molecule has 2 unspecified atom stereocenters. The molecule has 0 bridgehead atoms. The number of nitrogens with zero attached hydrogens (tertiary/aromatic N) is 1. The van der Waals surface area contributed by atoms with Crippen molar-refractivity contribution >= 4 is 18.6 Å². The fourth-order valence-electron chi connectivity index (χ4n) is 1.31. The number of thiol groups is 1. The summed E-state index contributed by atoms with van der Waals surface area (Å²) in [4.78, 5) is 21.1. The fraction of sp³-hybridized carbons (Fsp3) is 0.300. The average molecular weight is 256 g/mol. The van der Waals surface area contributed by atoms with Crippen LogP contribution in [0.3, 0.4) is 0 Å². The molecule has 2 N–H and O–H groups in total. The largest absolute Gasteiger partial charge is 0.480 e. The Labute approximate surface area is 103 Å². The zero-order valence-corrected chi connectivity index (χ0v) is 9.71. The standard InChI is InChI=1S/C10H12N2O4S/c13-10(14)8(6-17)11-9(12(15)16)7-4-2-1-3-5-7/h1-5,8-9,11,17H,6H2,(H,13,14). The number of carboxylic acid groups (broad SMARTS) is 1. The SMILES string of the molecule is O=C(O)C(CS)NC(c1ccccc1)[N+](=O)[O-]. The van der Waals surface area contributed by atoms with Gasteiger partial charge in [-0.1, -0.05) is 30.3 Å². The monoisotopic (exact) mass is 256 g/mol. The second kappa shape index (κ2) is 6.21. The normalized spacial score (nSPS) is 13.9. The third kappa shape index (κ3) is 3.72. The van der Waals surface area contributed by atoms with Crippen LogP contribution in [0.4, 0.5) is 0 Å². The number of aliphatic carboxylic acids is 1. The van der Waals surface area contributed by atoms with Crippen LogP contribution in [0.2, 0.25) is 0 Å². The van der Waals surface area contributed by atoms with E-state index >= 15 is 0 Å². The Hall–Kier alpha value is -1.60. The van der Waals surface area contributed by atoms with Crippen LogP contribution in [0.1, 0.15) is 11.7 Å². The highest BCUT2D eigenvalue weighted by atomic mass is 32.1. The quantitative estimate of drug-likeness (QED) is 0.305. The number of nitro groups is 1. The van der Waals surface area contributed by atoms with E-state index in [-0.39, 0.29) is 5.75 Å². The summed E-state index contributed by atoms with van der Waals surface area (Å²) < 4.78 is 0. The van der Waals surface area contributed by atoms with Crippen molar-refractivity contribution < 1.29 is 14.8 Å². The van der Waals surface area contributed by atoms with Crippen LogP contribution in [-0.2, 0) is 4.79 Å². The van der Waals surface area contributed by atoms with E-state index in [1.165, 1.54) is 0 Å². The topological polar surface area (TPSA) is 92.5 Å². The molecule has 6 nitrogen and oxygen atoms in total. The summed E-state index contributed by atoms with van der Waals surface area (Å²) in [6, 6.07) is 7.12. The summed E-state index contributed by atoms with van der Waals surface area (Å²) in [5, 5.41) is 22.2. The summed E-state index contributed by atoms with van der Waals surface area (Å²) in [6.45, 7) is 0. The van der Waals surface area contributed by atoms with Crippen molar-refractivity contribution in [2.75, 3.05) is 5.75 Å². The van der Waals surface area contributed by atoms with Gasteiger partial charge in [0.25, 0.3) is 6.17 Å². The Morgan fingerprint density at radius 2 is 2.06 bits per heavy atom. The predicted octanol–water partition coefficient (Wildman–Crippen LogP) is 0.935. The maximum Gasteiger partial charge on any atom is 0.321 e. The van der Waals surface area contributed by atoms with Crippen LogP contribution < -0.4 is 5.32 Å². The minimum atomic E-state index is -1.25. The Morgan fingerprint density at radius 3 is 2.47 bits per heavy atom. The van der Waals surface area contributed by atoms with Crippen molar-refractivity contribution in [3.05, 3.63) is 46.0 Å². The van der Waals surface area contributed by atoms with E-state index < -0.39 is 23.1 Å². The number of rotatable bonds is 6. The lowest BCUT2D eigenvalue weighted by Gasteiger charge is -2.16. The number of carbonyl (C=O) groups is 1. The van der Waals surface area contributed by atoms with Crippen LogP contribution in [0.5, 0.6) is 0 Å². The van der Waals surface area contributed by atoms with Gasteiger partial charge in [-0.25, -0.2) is 5.32 Å². The molecule has 2 atom stereocenters. The lowest BCUT2D eigenvalue weighted by Crippen LogP contribution is -2.43. The van der Waals surface area contributed by atoms with Gasteiger partial charge in [0.1, 0.15) is 6.04 Å². The molecule has 0 aromatic heterocycles. The van der Waals surface area contributed by atoms with Crippen LogP contribution in [-0.4, -0.2) is 27.8 Å². The number of carboxylic acids is 1. The predicted molar refractivity (Wildman–Crippen MR) is 64.6 cm³/mol. The first-order valence-corrected chi connectivity index (χ1v) is 5.47. The van der Waals surface area contributed by atoms with Gasteiger partial charge in [0.05, 0.1) is 0 Å². The summed E-state index contributed by atoms with van der Waals surface area (Å²) in [6.07, 6.45) is -1.25. The molecule has 0 amide bonds. The van der Waals surface area contributed by atoms with Crippen molar-refractivity contribution in [3.63, 3.8) is 0 Å². The number of benzene rings is 1. The second-order valence-corrected chi connectivity index (χ2v) is 3.70. The zero-order chi connectivity index (χ0) is 12.8. The van der Waals surface area contributed by atoms with Crippen molar-refractivity contribution in [1.82, 2.24) is 5.32 Å². The summed E-state index contributed by atoms with van der Waals surface area (Å²) in [5.41, 5.74) is 0.408. The Morgan fingerprint density at radius 1 is 1.47 bits per heavy atom. The van der Waals surface area contributed by atoms with Crippen LogP contribution in [0.25, 0.3) is 0 Å². The highest BCUT2D eigenvalue weighted by molar-refractivity contribution is 7.80. The minimum absolute atomic E-state index is 0.0213. The summed E-state index contributed by atoms with van der Waals surface area (Å²) in [7, 11) is 0. The molecule has 0 aliphatic rings. The van der Waals surface area contributed by atoms with Gasteiger partial charge in [-0.05, 0) is 0 Å². The van der Waals surface area contributed by atoms with Crippen LogP contribution in [0, 0.1) is 10.1 Å². The van der Waals surface area contributed by atoms with Crippen molar-refractivity contribution in [2.45, 2.75) is 12.2 Å². The Kier molecular flexibility index (Phi) is 4.92. The highest BCUT2D eigenvalue weighted by Crippen LogP contribution is 2.14. The second-order valence-electron chi connectivity index (χ2n) is 3.34. The molecular weight excluding hydrogens is 244 g/mol. The van der Waals surface area contributed by atoms with Gasteiger partial charge in [0.15, 0.2) is 0 Å². The molecule has 0 saturated heterocycles. The van der Waals surface area contributed by atoms with E-state index in [2.05, 4.69) is 17.9 Å². The molecule has 0 aliphatic carbocycles. The summed E-state index contributed by atoms with van der Waals surface area (Å²) in [5.74, 6) is -1.19. The zero-order valence-electron chi connectivity index (χ0n) is 8.81. The van der Waals surface area contributed by atoms with Gasteiger partial charge in [-0.15, -0.1) is 0 Å². The first-order valence-electron chi connectivity index (χ1n) is 4.84. The third-order valence-electron chi connectivity index (χ3n) is 2.17. The lowest BCUT2D eigenvalue weighted by molar-refractivity contribution is -0.536. The van der Waals surface area contributed by atoms with Crippen molar-refractivity contribution in [1.29, 1.82) is 0 Å². The molecule has 0 spiro atoms. The van der Waals surface area contributed by atoms with E-state index in [0.29, 0.717) is 5.56 Å². The molecule has 17 heavy (non-hydrogen) atoms. The Bertz CT molecular complexity index is 399. The smallest absolute Gasteiger partial charge is 0.321 e. The van der Waals surface area contributed by atoms with Gasteiger partial charge in [-0.3, -0.25) is 14.9 Å². The maximum absolute atomic E-state index is 10.9. The van der Waals surface area contributed by atoms with Gasteiger partial charge in [-0.2, -0.15) is 12.6 Å². The highest BCUT2D eigenvalue weighted by Gasteiger charge is 2.28. The molecule has 1 aromatic carbocycles. The van der Waals surface area contributed by atoms with Gasteiger partial charge in [0, 0.05) is 16.2 Å². The van der Waals surface area contributed by atoms with Gasteiger partial charge < -0.3 is 5.11 Å². The molecule has 1 aromatic rings. The van der Waals surface area contributed by atoms with Gasteiger partial charge >= 0.3 is 5.97 Å². The number of hydrogen-bond donors (Lipinski definition) is 3. The lowest BCUT2D eigenvalue weighted by atomic mass is 10.1. The van der Waals surface area contributed by atoms with E-state index in [4.69, 9.17) is 5.11 Å². The number of nitrogens with one attached hydrogen (secondary N) is 1. The minimum Gasteiger partial charge on any atom is -0.480 e. The average Bonchev–Trinajstić information content (AvgIpc) is 2.30. The maximum atomic E-state index is 10.9. The fourth-order valence-corrected chi connectivity index (χ4v) is 1.57. The first-order chi connectivity index (χ1) is 8.06. The molecule has 7 heteroatoms. The summed E-state index contributed by atoms with van der Waals surface area (Å²) >= 11 is 3.84. The van der Waals surface area contributed by atoms with E-state index in [0.717, 1.165) is 0 Å². The molecule has 0 radical (unpaired) electrons. The molecule has 0 fully saturated rings. The van der Waals surface area contributed by atoms with Crippen LogP contribution >= 0.6 is 12.6 Å². The van der Waals surface area contributed by atoms with E-state index in [1.807, 2.05) is 0 Å². The van der Waals surface area contributed by atoms with Crippen molar-refractivity contribution in [2.24, 2.45) is 0 Å². The van der Waals surface area contributed by atoms with Crippen molar-refractivity contribution in [3.8, 4) is 0 Å². The molecule has 0 aliphatic heterocycles. The molecule has 0 saturated carbocycles. The molecule has 1 rings (SSSR count). The third-order valence-corrected chi connectivity index (χ3v) is 2.53. The number of hydrogen-bond acceptors (Lipinski definition) is 5. The van der Waals surface area contributed by atoms with E-state index in [9.17, 15) is 14.9 Å². The van der Waals surface area contributed by atoms with Crippen LogP contribution in [0.15, 0.2) is 30.3 Å². The Balaban J connectivity index is 2.88. The molecule has 0 heterocycles. The van der Waals surface area contributed by atoms with Gasteiger partial charge in [0.2, 0.25) is 0 Å². The first kappa shape index (κ1) is 13.5. The molecule has 92 valence electrons.